The Kier molecular flexibility index (Phi) is 3.13. The summed E-state index contributed by atoms with van der Waals surface area (Å²) in [6.45, 7) is 1.79. The number of benzene rings is 1. The van der Waals surface area contributed by atoms with Gasteiger partial charge in [0.05, 0.1) is 12.1 Å². The standard InChI is InChI=1S/C11H11ClO5/c1-5-6(8(13)11(14)15-2)3-7(12)10-9(5)16-4-17-10/h3,8,13H,4H2,1-2H3. The van der Waals surface area contributed by atoms with Crippen LogP contribution >= 0.6 is 11.6 Å². The zero-order chi connectivity index (χ0) is 12.6. The van der Waals surface area contributed by atoms with Crippen LogP contribution in [0.1, 0.15) is 17.2 Å². The molecule has 1 atom stereocenters. The first kappa shape index (κ1) is 12.0. The first-order valence-corrected chi connectivity index (χ1v) is 5.28. The molecule has 5 nitrogen and oxygen atoms in total. The van der Waals surface area contributed by atoms with Crippen molar-refractivity contribution in [3.63, 3.8) is 0 Å². The Hall–Kier alpha value is -1.46. The van der Waals surface area contributed by atoms with Crippen LogP contribution in [0.4, 0.5) is 0 Å². The van der Waals surface area contributed by atoms with Gasteiger partial charge >= 0.3 is 5.97 Å². The van der Waals surface area contributed by atoms with Gasteiger partial charge < -0.3 is 19.3 Å². The van der Waals surface area contributed by atoms with E-state index in [0.29, 0.717) is 27.6 Å². The maximum Gasteiger partial charge on any atom is 0.339 e. The van der Waals surface area contributed by atoms with E-state index < -0.39 is 12.1 Å². The van der Waals surface area contributed by atoms with Crippen molar-refractivity contribution in [1.82, 2.24) is 0 Å². The highest BCUT2D eigenvalue weighted by atomic mass is 35.5. The van der Waals surface area contributed by atoms with Gasteiger partial charge in [-0.25, -0.2) is 4.79 Å². The fraction of sp³-hybridized carbons (Fsp3) is 0.364. The number of fused-ring (bicyclic) bond motifs is 1. The summed E-state index contributed by atoms with van der Waals surface area (Å²) >= 11 is 5.97. The van der Waals surface area contributed by atoms with E-state index in [1.165, 1.54) is 13.2 Å². The lowest BCUT2D eigenvalue weighted by atomic mass is 10.0. The largest absolute Gasteiger partial charge is 0.467 e. The molecule has 0 saturated carbocycles. The Balaban J connectivity index is 2.49. The van der Waals surface area contributed by atoms with Crippen LogP contribution in [0, 0.1) is 6.92 Å². The van der Waals surface area contributed by atoms with Gasteiger partial charge in [-0.3, -0.25) is 0 Å². The summed E-state index contributed by atoms with van der Waals surface area (Å²) in [5, 5.41) is 10.1. The number of halogens is 1. The predicted octanol–water partition coefficient (Wildman–Crippen LogP) is 1.58. The Morgan fingerprint density at radius 1 is 1.53 bits per heavy atom. The topological polar surface area (TPSA) is 65.0 Å². The van der Waals surface area contributed by atoms with Crippen LogP contribution in [0.3, 0.4) is 0 Å². The molecule has 0 aromatic heterocycles. The number of aliphatic hydroxyl groups excluding tert-OH is 1. The summed E-state index contributed by atoms with van der Waals surface area (Å²) in [5.41, 5.74) is 0.964. The first-order valence-electron chi connectivity index (χ1n) is 4.90. The van der Waals surface area contributed by atoms with Crippen molar-refractivity contribution in [3.8, 4) is 11.5 Å². The Morgan fingerprint density at radius 3 is 2.82 bits per heavy atom. The second-order valence-corrected chi connectivity index (χ2v) is 3.97. The molecule has 1 aromatic rings. The molecule has 2 rings (SSSR count). The van der Waals surface area contributed by atoms with Gasteiger partial charge in [-0.1, -0.05) is 11.6 Å². The van der Waals surface area contributed by atoms with Gasteiger partial charge in [-0.05, 0) is 13.0 Å². The second-order valence-electron chi connectivity index (χ2n) is 3.56. The van der Waals surface area contributed by atoms with E-state index in [1.807, 2.05) is 0 Å². The summed E-state index contributed by atoms with van der Waals surface area (Å²) in [5.74, 6) is 0.142. The van der Waals surface area contributed by atoms with Crippen LogP contribution in [0.5, 0.6) is 11.5 Å². The van der Waals surface area contributed by atoms with Crippen LogP contribution in [0.15, 0.2) is 6.07 Å². The molecular formula is C11H11ClO5. The molecule has 0 fully saturated rings. The van der Waals surface area contributed by atoms with Crippen molar-refractivity contribution in [2.45, 2.75) is 13.0 Å². The van der Waals surface area contributed by atoms with Crippen LogP contribution in [0.25, 0.3) is 0 Å². The van der Waals surface area contributed by atoms with Crippen molar-refractivity contribution >= 4 is 17.6 Å². The Bertz CT molecular complexity index is 471. The van der Waals surface area contributed by atoms with Crippen LogP contribution < -0.4 is 9.47 Å². The van der Waals surface area contributed by atoms with E-state index in [4.69, 9.17) is 21.1 Å². The molecule has 6 heteroatoms. The number of esters is 1. The number of methoxy groups -OCH3 is 1. The monoisotopic (exact) mass is 258 g/mol. The van der Waals surface area contributed by atoms with E-state index in [-0.39, 0.29) is 6.79 Å². The normalized spacial score (nSPS) is 14.6. The van der Waals surface area contributed by atoms with Crippen molar-refractivity contribution in [2.75, 3.05) is 13.9 Å². The minimum Gasteiger partial charge on any atom is -0.467 e. The fourth-order valence-corrected chi connectivity index (χ4v) is 1.96. The quantitative estimate of drug-likeness (QED) is 0.816. The van der Waals surface area contributed by atoms with Crippen molar-refractivity contribution in [3.05, 3.63) is 22.2 Å². The van der Waals surface area contributed by atoms with E-state index in [1.54, 1.807) is 6.92 Å². The highest BCUT2D eigenvalue weighted by Crippen LogP contribution is 2.44. The maximum atomic E-state index is 11.3. The van der Waals surface area contributed by atoms with E-state index >= 15 is 0 Å². The molecule has 0 saturated heterocycles. The van der Waals surface area contributed by atoms with E-state index in [2.05, 4.69) is 4.74 Å². The molecule has 0 bridgehead atoms. The molecular weight excluding hydrogens is 248 g/mol. The molecule has 0 aliphatic carbocycles. The average Bonchev–Trinajstić information content (AvgIpc) is 2.81. The molecule has 1 unspecified atom stereocenters. The highest BCUT2D eigenvalue weighted by Gasteiger charge is 2.28. The number of hydrogen-bond acceptors (Lipinski definition) is 5. The second kappa shape index (κ2) is 4.43. The summed E-state index contributed by atoms with van der Waals surface area (Å²) in [4.78, 5) is 11.3. The number of carbonyl (C=O) groups is 1. The number of rotatable bonds is 2. The minimum atomic E-state index is -1.38. The first-order chi connectivity index (χ1) is 8.06. The molecule has 1 aromatic carbocycles. The highest BCUT2D eigenvalue weighted by molar-refractivity contribution is 6.32. The zero-order valence-electron chi connectivity index (χ0n) is 9.32. The molecule has 1 heterocycles. The molecule has 0 spiro atoms. The van der Waals surface area contributed by atoms with Crippen molar-refractivity contribution < 1.29 is 24.1 Å². The van der Waals surface area contributed by atoms with Crippen LogP contribution in [-0.4, -0.2) is 25.0 Å². The van der Waals surface area contributed by atoms with Gasteiger partial charge in [0, 0.05) is 11.1 Å². The van der Waals surface area contributed by atoms with E-state index in [9.17, 15) is 9.90 Å². The number of hydrogen-bond donors (Lipinski definition) is 1. The lowest BCUT2D eigenvalue weighted by Crippen LogP contribution is -2.14. The van der Waals surface area contributed by atoms with Gasteiger partial charge in [0.15, 0.2) is 17.6 Å². The Labute approximate surface area is 103 Å². The molecule has 1 N–H and O–H groups in total. The van der Waals surface area contributed by atoms with Gasteiger partial charge in [-0.2, -0.15) is 0 Å². The zero-order valence-corrected chi connectivity index (χ0v) is 10.1. The van der Waals surface area contributed by atoms with Crippen LogP contribution in [-0.2, 0) is 9.53 Å². The SMILES string of the molecule is COC(=O)C(O)c1cc(Cl)c2c(c1C)OCO2. The fourth-order valence-electron chi connectivity index (χ4n) is 1.70. The summed E-state index contributed by atoms with van der Waals surface area (Å²) in [6.07, 6.45) is -1.38. The van der Waals surface area contributed by atoms with Gasteiger partial charge in [0.25, 0.3) is 0 Å². The average molecular weight is 259 g/mol. The van der Waals surface area contributed by atoms with Gasteiger partial charge in [0.2, 0.25) is 6.79 Å². The van der Waals surface area contributed by atoms with E-state index in [0.717, 1.165) is 0 Å². The molecule has 0 amide bonds. The smallest absolute Gasteiger partial charge is 0.339 e. The number of ether oxygens (including phenoxy) is 3. The number of aliphatic hydroxyl groups is 1. The third-order valence-electron chi connectivity index (χ3n) is 2.60. The summed E-state index contributed by atoms with van der Waals surface area (Å²) in [6, 6.07) is 1.48. The summed E-state index contributed by atoms with van der Waals surface area (Å²) < 4.78 is 14.9. The molecule has 0 radical (unpaired) electrons. The predicted molar refractivity (Wildman–Crippen MR) is 59.3 cm³/mol. The van der Waals surface area contributed by atoms with Gasteiger partial charge in [0.1, 0.15) is 0 Å². The Morgan fingerprint density at radius 2 is 2.18 bits per heavy atom. The lowest BCUT2D eigenvalue weighted by Gasteiger charge is -2.14. The third kappa shape index (κ3) is 1.92. The minimum absolute atomic E-state index is 0.0770. The lowest BCUT2D eigenvalue weighted by molar-refractivity contribution is -0.150. The van der Waals surface area contributed by atoms with Crippen LogP contribution in [0.2, 0.25) is 5.02 Å². The third-order valence-corrected chi connectivity index (χ3v) is 2.89. The maximum absolute atomic E-state index is 11.3. The van der Waals surface area contributed by atoms with Gasteiger partial charge in [-0.15, -0.1) is 0 Å². The molecule has 92 valence electrons. The molecule has 1 aliphatic heterocycles. The summed E-state index contributed by atoms with van der Waals surface area (Å²) in [7, 11) is 1.20. The molecule has 1 aliphatic rings. The molecule has 17 heavy (non-hydrogen) atoms. The number of carbonyl (C=O) groups excluding carboxylic acids is 1. The van der Waals surface area contributed by atoms with Crippen molar-refractivity contribution in [2.24, 2.45) is 0 Å². The van der Waals surface area contributed by atoms with Crippen molar-refractivity contribution in [1.29, 1.82) is 0 Å².